The largest absolute Gasteiger partial charge is 0.383 e. The minimum absolute atomic E-state index is 0.566. The van der Waals surface area contributed by atoms with Gasteiger partial charge in [-0.1, -0.05) is 0 Å². The molecule has 1 aromatic rings. The third-order valence-corrected chi connectivity index (χ3v) is 5.04. The molecule has 0 radical (unpaired) electrons. The van der Waals surface area contributed by atoms with Gasteiger partial charge in [0.25, 0.3) is 0 Å². The number of aliphatic imine (C=N–C) groups is 1. The second kappa shape index (κ2) is 9.20. The van der Waals surface area contributed by atoms with E-state index in [4.69, 9.17) is 4.74 Å². The maximum atomic E-state index is 5.21. The average molecular weight is 340 g/mol. The van der Waals surface area contributed by atoms with E-state index in [1.165, 1.54) is 19.4 Å². The van der Waals surface area contributed by atoms with E-state index in [1.807, 2.05) is 14.0 Å². The van der Waals surface area contributed by atoms with Gasteiger partial charge in [0.1, 0.15) is 0 Å². The van der Waals surface area contributed by atoms with Crippen molar-refractivity contribution in [3.63, 3.8) is 0 Å². The zero-order chi connectivity index (χ0) is 16.7. The number of guanidine groups is 1. The van der Waals surface area contributed by atoms with E-state index in [9.17, 15) is 0 Å². The zero-order valence-electron chi connectivity index (χ0n) is 14.7. The molecule has 1 N–H and O–H groups in total. The second-order valence-electron chi connectivity index (χ2n) is 5.97. The second-order valence-corrected chi connectivity index (χ2v) is 7.03. The van der Waals surface area contributed by atoms with Gasteiger partial charge in [-0.2, -0.15) is 0 Å². The van der Waals surface area contributed by atoms with E-state index >= 15 is 0 Å². The highest BCUT2D eigenvalue weighted by Crippen LogP contribution is 2.16. The molecule has 1 aliphatic heterocycles. The van der Waals surface area contributed by atoms with Crippen molar-refractivity contribution in [3.05, 3.63) is 16.1 Å². The van der Waals surface area contributed by atoms with Crippen molar-refractivity contribution in [3.8, 4) is 0 Å². The molecule has 2 rings (SSSR count). The summed E-state index contributed by atoms with van der Waals surface area (Å²) in [4.78, 5) is 13.6. The molecule has 1 atom stereocenters. The fourth-order valence-corrected chi connectivity index (χ4v) is 3.63. The van der Waals surface area contributed by atoms with Gasteiger partial charge in [0.15, 0.2) is 5.96 Å². The van der Waals surface area contributed by atoms with Crippen LogP contribution in [-0.4, -0.2) is 74.2 Å². The van der Waals surface area contributed by atoms with Gasteiger partial charge >= 0.3 is 0 Å². The number of nitrogens with one attached hydrogen (secondary N) is 1. The Balaban J connectivity index is 1.82. The third kappa shape index (κ3) is 5.44. The Morgan fingerprint density at radius 3 is 3.09 bits per heavy atom. The number of aryl methyl sites for hydroxylation is 1. The zero-order valence-corrected chi connectivity index (χ0v) is 15.5. The van der Waals surface area contributed by atoms with Crippen molar-refractivity contribution in [2.45, 2.75) is 32.4 Å². The summed E-state index contributed by atoms with van der Waals surface area (Å²) in [5.74, 6) is 0.925. The summed E-state index contributed by atoms with van der Waals surface area (Å²) in [7, 11) is 5.66. The number of nitrogens with zero attached hydrogens (tertiary/aromatic N) is 4. The van der Waals surface area contributed by atoms with Crippen LogP contribution in [0.1, 0.15) is 23.5 Å². The molecule has 1 aliphatic rings. The van der Waals surface area contributed by atoms with E-state index in [-0.39, 0.29) is 0 Å². The fourth-order valence-electron chi connectivity index (χ4n) is 3.02. The normalized spacial score (nSPS) is 19.3. The Bertz CT molecular complexity index is 504. The maximum absolute atomic E-state index is 5.21. The molecule has 1 aromatic heterocycles. The molecule has 0 amide bonds. The number of methoxy groups -OCH3 is 1. The molecule has 0 saturated carbocycles. The smallest absolute Gasteiger partial charge is 0.193 e. The van der Waals surface area contributed by atoms with Crippen LogP contribution in [0.5, 0.6) is 0 Å². The predicted molar refractivity (Wildman–Crippen MR) is 96.2 cm³/mol. The molecule has 130 valence electrons. The number of thiazole rings is 1. The van der Waals surface area contributed by atoms with E-state index in [0.717, 1.165) is 42.9 Å². The Morgan fingerprint density at radius 2 is 2.43 bits per heavy atom. The van der Waals surface area contributed by atoms with Crippen LogP contribution in [0.25, 0.3) is 0 Å². The van der Waals surface area contributed by atoms with Crippen molar-refractivity contribution in [2.75, 3.05) is 47.4 Å². The summed E-state index contributed by atoms with van der Waals surface area (Å²) < 4.78 is 5.21. The lowest BCUT2D eigenvalue weighted by molar-refractivity contribution is 0.141. The first kappa shape index (κ1) is 18.2. The Labute approximate surface area is 143 Å². The summed E-state index contributed by atoms with van der Waals surface area (Å²) in [5, 5.41) is 6.73. The molecule has 0 aromatic carbocycles. The summed E-state index contributed by atoms with van der Waals surface area (Å²) >= 11 is 1.69. The Hall–Kier alpha value is -1.18. The standard InChI is InChI=1S/C16H29N5OS/c1-13-19-14(12-23-13)11-20(3)16(17-2)18-10-15-6-5-7-21(15)8-9-22-4/h12,15H,5-11H2,1-4H3,(H,17,18). The van der Waals surface area contributed by atoms with Crippen LogP contribution in [0.15, 0.2) is 10.4 Å². The Kier molecular flexibility index (Phi) is 7.26. The molecule has 1 fully saturated rings. The Morgan fingerprint density at radius 1 is 1.61 bits per heavy atom. The monoisotopic (exact) mass is 339 g/mol. The van der Waals surface area contributed by atoms with E-state index in [1.54, 1.807) is 18.4 Å². The van der Waals surface area contributed by atoms with Gasteiger partial charge in [0, 0.05) is 45.7 Å². The quantitative estimate of drug-likeness (QED) is 0.604. The van der Waals surface area contributed by atoms with Crippen LogP contribution < -0.4 is 5.32 Å². The van der Waals surface area contributed by atoms with E-state index in [2.05, 4.69) is 37.5 Å². The highest BCUT2D eigenvalue weighted by Gasteiger charge is 2.24. The molecule has 23 heavy (non-hydrogen) atoms. The average Bonchev–Trinajstić information content (AvgIpc) is 3.14. The molecule has 1 saturated heterocycles. The number of hydrogen-bond acceptors (Lipinski definition) is 5. The van der Waals surface area contributed by atoms with Gasteiger partial charge in [-0.05, 0) is 26.3 Å². The summed E-state index contributed by atoms with van der Waals surface area (Å²) in [5.41, 5.74) is 1.10. The molecular weight excluding hydrogens is 310 g/mol. The first-order valence-corrected chi connectivity index (χ1v) is 9.07. The van der Waals surface area contributed by atoms with Crippen molar-refractivity contribution >= 4 is 17.3 Å². The molecule has 1 unspecified atom stereocenters. The van der Waals surface area contributed by atoms with Crippen molar-refractivity contribution in [2.24, 2.45) is 4.99 Å². The first-order valence-electron chi connectivity index (χ1n) is 8.19. The van der Waals surface area contributed by atoms with Crippen LogP contribution in [0.3, 0.4) is 0 Å². The topological polar surface area (TPSA) is 53.0 Å². The van der Waals surface area contributed by atoms with Crippen LogP contribution in [0, 0.1) is 6.92 Å². The predicted octanol–water partition coefficient (Wildman–Crippen LogP) is 1.57. The van der Waals surface area contributed by atoms with Crippen LogP contribution >= 0.6 is 11.3 Å². The van der Waals surface area contributed by atoms with Crippen LogP contribution in [0.4, 0.5) is 0 Å². The minimum atomic E-state index is 0.566. The van der Waals surface area contributed by atoms with E-state index < -0.39 is 0 Å². The molecule has 2 heterocycles. The summed E-state index contributed by atoms with van der Waals surface area (Å²) in [6.45, 7) is 6.72. The molecule has 6 nitrogen and oxygen atoms in total. The lowest BCUT2D eigenvalue weighted by atomic mass is 10.2. The van der Waals surface area contributed by atoms with E-state index in [0.29, 0.717) is 6.04 Å². The molecule has 0 aliphatic carbocycles. The number of likely N-dealkylation sites (tertiary alicyclic amines) is 1. The molecular formula is C16H29N5OS. The SMILES string of the molecule is CN=C(NCC1CCCN1CCOC)N(C)Cc1csc(C)n1. The first-order chi connectivity index (χ1) is 11.1. The molecule has 7 heteroatoms. The number of hydrogen-bond donors (Lipinski definition) is 1. The van der Waals surface area contributed by atoms with Gasteiger partial charge < -0.3 is 15.0 Å². The minimum Gasteiger partial charge on any atom is -0.383 e. The van der Waals surface area contributed by atoms with Gasteiger partial charge in [-0.25, -0.2) is 4.98 Å². The number of rotatable bonds is 7. The number of ether oxygens (including phenoxy) is 1. The molecule has 0 spiro atoms. The van der Waals surface area contributed by atoms with Crippen molar-refractivity contribution < 1.29 is 4.74 Å². The lowest BCUT2D eigenvalue weighted by Crippen LogP contribution is -2.45. The maximum Gasteiger partial charge on any atom is 0.193 e. The summed E-state index contributed by atoms with van der Waals surface area (Å²) in [6.07, 6.45) is 2.51. The third-order valence-electron chi connectivity index (χ3n) is 4.22. The van der Waals surface area contributed by atoms with Crippen molar-refractivity contribution in [1.29, 1.82) is 0 Å². The lowest BCUT2D eigenvalue weighted by Gasteiger charge is -2.27. The summed E-state index contributed by atoms with van der Waals surface area (Å²) in [6, 6.07) is 0.566. The number of aromatic nitrogens is 1. The highest BCUT2D eigenvalue weighted by atomic mass is 32.1. The fraction of sp³-hybridized carbons (Fsp3) is 0.750. The molecule has 0 bridgehead atoms. The van der Waals surface area contributed by atoms with Crippen LogP contribution in [-0.2, 0) is 11.3 Å². The highest BCUT2D eigenvalue weighted by molar-refractivity contribution is 7.09. The van der Waals surface area contributed by atoms with Gasteiger partial charge in [-0.15, -0.1) is 11.3 Å². The van der Waals surface area contributed by atoms with Gasteiger partial charge in [0.05, 0.1) is 23.9 Å². The van der Waals surface area contributed by atoms with Crippen LogP contribution in [0.2, 0.25) is 0 Å². The van der Waals surface area contributed by atoms with Crippen molar-refractivity contribution in [1.82, 2.24) is 20.1 Å². The van der Waals surface area contributed by atoms with Gasteiger partial charge in [-0.3, -0.25) is 9.89 Å². The van der Waals surface area contributed by atoms with Gasteiger partial charge in [0.2, 0.25) is 0 Å².